The molecule has 76 valence electrons. The van der Waals surface area contributed by atoms with Gasteiger partial charge in [0.2, 0.25) is 0 Å². The second-order valence-corrected chi connectivity index (χ2v) is 3.85. The van der Waals surface area contributed by atoms with Crippen molar-refractivity contribution < 1.29 is 9.21 Å². The minimum Gasteiger partial charge on any atom is -0.461 e. The number of hydrogen-bond donors (Lipinski definition) is 0. The van der Waals surface area contributed by atoms with Crippen LogP contribution in [0.1, 0.15) is 10.6 Å². The molecular formula is C11H6Cl2O2. The molecule has 0 radical (unpaired) electrons. The summed E-state index contributed by atoms with van der Waals surface area (Å²) in [6, 6.07) is 6.79. The Kier molecular flexibility index (Phi) is 2.80. The highest BCUT2D eigenvalue weighted by Crippen LogP contribution is 2.29. The average molecular weight is 241 g/mol. The molecule has 0 saturated carbocycles. The first-order chi connectivity index (χ1) is 7.20. The smallest absolute Gasteiger partial charge is 0.185 e. The van der Waals surface area contributed by atoms with Crippen molar-refractivity contribution >= 4 is 29.5 Å². The number of benzene rings is 1. The number of furan rings is 1. The quantitative estimate of drug-likeness (QED) is 0.742. The maximum absolute atomic E-state index is 10.7. The Bertz CT molecular complexity index is 483. The van der Waals surface area contributed by atoms with Gasteiger partial charge >= 0.3 is 0 Å². The number of halogens is 2. The molecule has 1 aromatic carbocycles. The van der Waals surface area contributed by atoms with E-state index in [4.69, 9.17) is 27.6 Å². The van der Waals surface area contributed by atoms with Gasteiger partial charge in [0.15, 0.2) is 12.0 Å². The number of aldehydes is 1. The van der Waals surface area contributed by atoms with Crippen LogP contribution < -0.4 is 0 Å². The molecule has 1 heterocycles. The second kappa shape index (κ2) is 4.09. The average Bonchev–Trinajstić information content (AvgIpc) is 2.63. The van der Waals surface area contributed by atoms with Crippen LogP contribution in [0, 0.1) is 0 Å². The number of carbonyl (C=O) groups is 1. The van der Waals surface area contributed by atoms with Gasteiger partial charge in [-0.2, -0.15) is 0 Å². The van der Waals surface area contributed by atoms with E-state index in [0.717, 1.165) is 5.56 Å². The summed E-state index contributed by atoms with van der Waals surface area (Å²) >= 11 is 11.7. The van der Waals surface area contributed by atoms with E-state index in [1.54, 1.807) is 24.3 Å². The lowest BCUT2D eigenvalue weighted by molar-refractivity contribution is 0.110. The van der Waals surface area contributed by atoms with Crippen molar-refractivity contribution in [2.24, 2.45) is 0 Å². The molecular weight excluding hydrogens is 235 g/mol. The number of rotatable bonds is 2. The van der Waals surface area contributed by atoms with Crippen molar-refractivity contribution in [3.63, 3.8) is 0 Å². The second-order valence-electron chi connectivity index (χ2n) is 2.97. The van der Waals surface area contributed by atoms with Crippen molar-refractivity contribution in [1.82, 2.24) is 0 Å². The summed E-state index contributed by atoms with van der Waals surface area (Å²) in [6.07, 6.45) is 2.11. The fourth-order valence-corrected chi connectivity index (χ4v) is 1.89. The van der Waals surface area contributed by atoms with Crippen LogP contribution in [0.15, 0.2) is 34.9 Å². The Morgan fingerprint density at radius 3 is 2.40 bits per heavy atom. The van der Waals surface area contributed by atoms with E-state index in [9.17, 15) is 4.79 Å². The van der Waals surface area contributed by atoms with Gasteiger partial charge in [-0.3, -0.25) is 4.79 Å². The summed E-state index contributed by atoms with van der Waals surface area (Å²) in [7, 11) is 0. The lowest BCUT2D eigenvalue weighted by atomic mass is 10.1. The van der Waals surface area contributed by atoms with E-state index < -0.39 is 0 Å². The SMILES string of the molecule is O=Cc1occc1-c1cc(Cl)cc(Cl)c1. The van der Waals surface area contributed by atoms with Gasteiger partial charge in [-0.15, -0.1) is 0 Å². The largest absolute Gasteiger partial charge is 0.461 e. The zero-order chi connectivity index (χ0) is 10.8. The van der Waals surface area contributed by atoms with Gasteiger partial charge in [-0.05, 0) is 29.8 Å². The van der Waals surface area contributed by atoms with Crippen LogP contribution in [0.2, 0.25) is 10.0 Å². The van der Waals surface area contributed by atoms with E-state index in [1.807, 2.05) is 0 Å². The van der Waals surface area contributed by atoms with E-state index in [1.165, 1.54) is 6.26 Å². The first kappa shape index (κ1) is 10.3. The Labute approximate surface area is 96.4 Å². The molecule has 0 unspecified atom stereocenters. The van der Waals surface area contributed by atoms with Crippen LogP contribution in [0.5, 0.6) is 0 Å². The standard InChI is InChI=1S/C11H6Cl2O2/c12-8-3-7(4-9(13)5-8)10-1-2-15-11(10)6-14/h1-6H. The first-order valence-electron chi connectivity index (χ1n) is 4.20. The molecule has 1 aromatic heterocycles. The van der Waals surface area contributed by atoms with Crippen LogP contribution in [0.3, 0.4) is 0 Å². The summed E-state index contributed by atoms with van der Waals surface area (Å²) in [6.45, 7) is 0. The zero-order valence-electron chi connectivity index (χ0n) is 7.54. The third-order valence-electron chi connectivity index (χ3n) is 1.98. The summed E-state index contributed by atoms with van der Waals surface area (Å²) in [4.78, 5) is 10.7. The summed E-state index contributed by atoms with van der Waals surface area (Å²) in [5, 5.41) is 1.05. The summed E-state index contributed by atoms with van der Waals surface area (Å²) in [5.74, 6) is 0.272. The summed E-state index contributed by atoms with van der Waals surface area (Å²) < 4.78 is 4.99. The van der Waals surface area contributed by atoms with E-state index >= 15 is 0 Å². The molecule has 0 aliphatic heterocycles. The molecule has 2 rings (SSSR count). The van der Waals surface area contributed by atoms with Crippen molar-refractivity contribution in [2.75, 3.05) is 0 Å². The lowest BCUT2D eigenvalue weighted by Gasteiger charge is -2.00. The van der Waals surface area contributed by atoms with Gasteiger partial charge in [0.25, 0.3) is 0 Å². The Hall–Kier alpha value is -1.25. The van der Waals surface area contributed by atoms with E-state index in [0.29, 0.717) is 21.9 Å². The Morgan fingerprint density at radius 2 is 1.80 bits per heavy atom. The number of hydrogen-bond acceptors (Lipinski definition) is 2. The molecule has 0 fully saturated rings. The fraction of sp³-hybridized carbons (Fsp3) is 0. The maximum Gasteiger partial charge on any atom is 0.185 e. The molecule has 0 atom stereocenters. The van der Waals surface area contributed by atoms with Gasteiger partial charge in [0, 0.05) is 15.6 Å². The molecule has 0 spiro atoms. The topological polar surface area (TPSA) is 30.2 Å². The van der Waals surface area contributed by atoms with Gasteiger partial charge in [0.1, 0.15) is 0 Å². The molecule has 4 heteroatoms. The van der Waals surface area contributed by atoms with Crippen LogP contribution in [-0.4, -0.2) is 6.29 Å². The molecule has 0 bridgehead atoms. The van der Waals surface area contributed by atoms with Crippen LogP contribution in [0.25, 0.3) is 11.1 Å². The first-order valence-corrected chi connectivity index (χ1v) is 4.95. The van der Waals surface area contributed by atoms with Gasteiger partial charge in [-0.1, -0.05) is 23.2 Å². The molecule has 0 amide bonds. The molecule has 0 aliphatic carbocycles. The summed E-state index contributed by atoms with van der Waals surface area (Å²) in [5.41, 5.74) is 1.46. The van der Waals surface area contributed by atoms with E-state index in [-0.39, 0.29) is 5.76 Å². The third-order valence-corrected chi connectivity index (χ3v) is 2.41. The van der Waals surface area contributed by atoms with Crippen molar-refractivity contribution in [1.29, 1.82) is 0 Å². The highest BCUT2D eigenvalue weighted by Gasteiger charge is 2.08. The van der Waals surface area contributed by atoms with Gasteiger partial charge in [0.05, 0.1) is 6.26 Å². The van der Waals surface area contributed by atoms with Crippen molar-refractivity contribution in [3.05, 3.63) is 46.3 Å². The molecule has 0 saturated heterocycles. The fourth-order valence-electron chi connectivity index (χ4n) is 1.36. The molecule has 15 heavy (non-hydrogen) atoms. The minimum absolute atomic E-state index is 0.272. The molecule has 0 aliphatic rings. The third kappa shape index (κ3) is 2.06. The van der Waals surface area contributed by atoms with Gasteiger partial charge < -0.3 is 4.42 Å². The molecule has 0 N–H and O–H groups in total. The van der Waals surface area contributed by atoms with Crippen LogP contribution in [-0.2, 0) is 0 Å². The maximum atomic E-state index is 10.7. The molecule has 2 aromatic rings. The van der Waals surface area contributed by atoms with Crippen LogP contribution >= 0.6 is 23.2 Å². The Balaban J connectivity index is 2.58. The van der Waals surface area contributed by atoms with Crippen molar-refractivity contribution in [2.45, 2.75) is 0 Å². The highest BCUT2D eigenvalue weighted by atomic mass is 35.5. The highest BCUT2D eigenvalue weighted by molar-refractivity contribution is 6.35. The van der Waals surface area contributed by atoms with Gasteiger partial charge in [-0.25, -0.2) is 0 Å². The Morgan fingerprint density at radius 1 is 1.13 bits per heavy atom. The normalized spacial score (nSPS) is 10.3. The van der Waals surface area contributed by atoms with E-state index in [2.05, 4.69) is 0 Å². The predicted octanol–water partition coefficient (Wildman–Crippen LogP) is 4.07. The predicted molar refractivity (Wildman–Crippen MR) is 59.6 cm³/mol. The van der Waals surface area contributed by atoms with Crippen LogP contribution in [0.4, 0.5) is 0 Å². The molecule has 2 nitrogen and oxygen atoms in total. The van der Waals surface area contributed by atoms with Crippen molar-refractivity contribution in [3.8, 4) is 11.1 Å². The number of carbonyl (C=O) groups excluding carboxylic acids is 1. The zero-order valence-corrected chi connectivity index (χ0v) is 9.05. The lowest BCUT2D eigenvalue weighted by Crippen LogP contribution is -1.81. The monoisotopic (exact) mass is 240 g/mol. The minimum atomic E-state index is 0.272.